The van der Waals surface area contributed by atoms with Crippen LogP contribution in [0.25, 0.3) is 6.08 Å². The summed E-state index contributed by atoms with van der Waals surface area (Å²) >= 11 is 0. The van der Waals surface area contributed by atoms with Gasteiger partial charge in [0.2, 0.25) is 0 Å². The minimum absolute atomic E-state index is 0. The molecule has 0 aliphatic carbocycles. The van der Waals surface area contributed by atoms with E-state index in [4.69, 9.17) is 0 Å². The number of hydrogen-bond acceptors (Lipinski definition) is 3. The van der Waals surface area contributed by atoms with Crippen LogP contribution < -0.4 is 34.7 Å². The average molecular weight is 211 g/mol. The van der Waals surface area contributed by atoms with E-state index in [1.165, 1.54) is 0 Å². The molecule has 0 atom stereocenters. The van der Waals surface area contributed by atoms with E-state index in [-0.39, 0.29) is 29.6 Å². The minimum atomic E-state index is -1.18. The predicted octanol–water partition coefficient (Wildman–Crippen LogP) is -2.20. The number of carbonyl (C=O) groups excluding carboxylic acids is 1. The van der Waals surface area contributed by atoms with Crippen LogP contribution in [-0.2, 0) is 4.79 Å². The van der Waals surface area contributed by atoms with Crippen LogP contribution >= 0.6 is 0 Å². The molecule has 4 heteroatoms. The topological polar surface area (TPSA) is 53.0 Å². The summed E-state index contributed by atoms with van der Waals surface area (Å²) in [6.45, 7) is 1.70. The Morgan fingerprint density at radius 1 is 1.53 bits per heavy atom. The van der Waals surface area contributed by atoms with E-state index < -0.39 is 5.97 Å². The largest absolute Gasteiger partial charge is 1.00 e. The Balaban J connectivity index is 0.00000196. The van der Waals surface area contributed by atoms with Gasteiger partial charge in [-0.25, -0.2) is 0 Å². The molecule has 0 radical (unpaired) electrons. The van der Waals surface area contributed by atoms with Crippen LogP contribution in [0.3, 0.4) is 0 Å². The van der Waals surface area contributed by atoms with Gasteiger partial charge in [-0.2, -0.15) is 0 Å². The first-order valence-corrected chi connectivity index (χ1v) is 4.16. The number of carboxylic acids is 1. The van der Waals surface area contributed by atoms with E-state index in [1.807, 2.05) is 12.1 Å². The molecule has 0 saturated heterocycles. The van der Waals surface area contributed by atoms with Gasteiger partial charge >= 0.3 is 29.6 Å². The second-order valence-corrected chi connectivity index (χ2v) is 2.83. The molecule has 1 heterocycles. The summed E-state index contributed by atoms with van der Waals surface area (Å²) in [4.78, 5) is 14.1. The molecule has 0 aliphatic heterocycles. The Hall–Kier alpha value is -0.900. The van der Waals surface area contributed by atoms with Gasteiger partial charge in [0.05, 0.1) is 5.97 Å². The number of allylic oxidation sites excluding steroid dienone is 2. The average Bonchev–Trinajstić information content (AvgIpc) is 2.15. The standard InChI is InChI=1S/C11H11NO2.Na/c1-9(7-11(13)14)4-5-10-3-2-6-12-8-10;/h2-8H,1H3,(H,13,14);/q;+1/p-1. The third-order valence-electron chi connectivity index (χ3n) is 1.57. The summed E-state index contributed by atoms with van der Waals surface area (Å²) in [5.74, 6) is -1.18. The normalized spacial score (nSPS) is 11.1. The second-order valence-electron chi connectivity index (χ2n) is 2.83. The van der Waals surface area contributed by atoms with Gasteiger partial charge in [0.25, 0.3) is 0 Å². The van der Waals surface area contributed by atoms with Gasteiger partial charge in [-0.3, -0.25) is 4.98 Å². The fraction of sp³-hybridized carbons (Fsp3) is 0.0909. The molecule has 0 bridgehead atoms. The maximum absolute atomic E-state index is 10.2. The minimum Gasteiger partial charge on any atom is -0.545 e. The number of rotatable bonds is 3. The first-order valence-electron chi connectivity index (χ1n) is 4.16. The van der Waals surface area contributed by atoms with E-state index in [2.05, 4.69) is 4.98 Å². The fourth-order valence-corrected chi connectivity index (χ4v) is 0.936. The zero-order valence-electron chi connectivity index (χ0n) is 8.81. The summed E-state index contributed by atoms with van der Waals surface area (Å²) in [7, 11) is 0. The SMILES string of the molecule is CC(C=Cc1cccnc1)=CC(=O)[O-].[Na+]. The quantitative estimate of drug-likeness (QED) is 0.324. The molecule has 1 aromatic heterocycles. The Bertz CT molecular complexity index is 371. The molecule has 0 aliphatic rings. The van der Waals surface area contributed by atoms with Crippen LogP contribution in [-0.4, -0.2) is 11.0 Å². The predicted molar refractivity (Wildman–Crippen MR) is 52.0 cm³/mol. The van der Waals surface area contributed by atoms with Gasteiger partial charge in [-0.15, -0.1) is 0 Å². The number of aromatic nitrogens is 1. The van der Waals surface area contributed by atoms with Crippen molar-refractivity contribution in [3.05, 3.63) is 47.8 Å². The molecule has 0 saturated carbocycles. The summed E-state index contributed by atoms with van der Waals surface area (Å²) in [6.07, 6.45) is 7.92. The molecule has 1 aromatic rings. The van der Waals surface area contributed by atoms with Crippen LogP contribution in [0.4, 0.5) is 0 Å². The maximum Gasteiger partial charge on any atom is 1.00 e. The van der Waals surface area contributed by atoms with Crippen LogP contribution in [0.15, 0.2) is 42.3 Å². The smallest absolute Gasteiger partial charge is 0.545 e. The third kappa shape index (κ3) is 6.23. The molecule has 15 heavy (non-hydrogen) atoms. The van der Waals surface area contributed by atoms with Crippen molar-refractivity contribution in [1.82, 2.24) is 4.98 Å². The molecular weight excluding hydrogens is 201 g/mol. The van der Waals surface area contributed by atoms with Crippen molar-refractivity contribution in [2.75, 3.05) is 0 Å². The van der Waals surface area contributed by atoms with Gasteiger partial charge in [0.15, 0.2) is 0 Å². The van der Waals surface area contributed by atoms with E-state index in [1.54, 1.807) is 31.5 Å². The number of carbonyl (C=O) groups is 1. The molecule has 0 spiro atoms. The molecular formula is C11H10NNaO2. The van der Waals surface area contributed by atoms with Crippen molar-refractivity contribution < 1.29 is 39.5 Å². The molecule has 0 N–H and O–H groups in total. The Labute approximate surface area is 111 Å². The summed E-state index contributed by atoms with van der Waals surface area (Å²) < 4.78 is 0. The van der Waals surface area contributed by atoms with Gasteiger partial charge in [0.1, 0.15) is 0 Å². The van der Waals surface area contributed by atoms with Gasteiger partial charge in [-0.05, 0) is 30.2 Å². The first kappa shape index (κ1) is 14.1. The van der Waals surface area contributed by atoms with E-state index in [9.17, 15) is 9.90 Å². The molecule has 1 rings (SSSR count). The van der Waals surface area contributed by atoms with E-state index in [0.717, 1.165) is 11.6 Å². The Morgan fingerprint density at radius 3 is 2.80 bits per heavy atom. The molecule has 0 fully saturated rings. The fourth-order valence-electron chi connectivity index (χ4n) is 0.936. The molecule has 0 unspecified atom stereocenters. The van der Waals surface area contributed by atoms with Crippen molar-refractivity contribution in [1.29, 1.82) is 0 Å². The number of carboxylic acid groups (broad SMARTS) is 1. The first-order chi connectivity index (χ1) is 6.68. The second kappa shape index (κ2) is 7.40. The Kier molecular flexibility index (Phi) is 6.96. The van der Waals surface area contributed by atoms with Crippen LogP contribution in [0.2, 0.25) is 0 Å². The van der Waals surface area contributed by atoms with E-state index >= 15 is 0 Å². The summed E-state index contributed by atoms with van der Waals surface area (Å²) in [5.41, 5.74) is 1.56. The van der Waals surface area contributed by atoms with Crippen LogP contribution in [0.1, 0.15) is 12.5 Å². The van der Waals surface area contributed by atoms with Crippen molar-refractivity contribution in [3.63, 3.8) is 0 Å². The maximum atomic E-state index is 10.2. The molecule has 3 nitrogen and oxygen atoms in total. The number of hydrogen-bond donors (Lipinski definition) is 0. The van der Waals surface area contributed by atoms with Crippen molar-refractivity contribution in [2.45, 2.75) is 6.92 Å². The van der Waals surface area contributed by atoms with Gasteiger partial charge < -0.3 is 9.90 Å². The van der Waals surface area contributed by atoms with Gasteiger partial charge in [0, 0.05) is 12.4 Å². The zero-order chi connectivity index (χ0) is 10.4. The van der Waals surface area contributed by atoms with Crippen LogP contribution in [0, 0.1) is 0 Å². The zero-order valence-corrected chi connectivity index (χ0v) is 10.8. The third-order valence-corrected chi connectivity index (χ3v) is 1.57. The molecule has 72 valence electrons. The van der Waals surface area contributed by atoms with Crippen molar-refractivity contribution in [2.24, 2.45) is 0 Å². The number of aliphatic carboxylic acids is 1. The number of pyridine rings is 1. The van der Waals surface area contributed by atoms with Gasteiger partial charge in [-0.1, -0.05) is 18.2 Å². The molecule has 0 aromatic carbocycles. The van der Waals surface area contributed by atoms with Crippen molar-refractivity contribution >= 4 is 12.0 Å². The molecule has 0 amide bonds. The van der Waals surface area contributed by atoms with Crippen LogP contribution in [0.5, 0.6) is 0 Å². The van der Waals surface area contributed by atoms with Crippen molar-refractivity contribution in [3.8, 4) is 0 Å². The summed E-state index contributed by atoms with van der Waals surface area (Å²) in [5, 5.41) is 10.2. The Morgan fingerprint density at radius 2 is 2.27 bits per heavy atom. The van der Waals surface area contributed by atoms with E-state index in [0.29, 0.717) is 5.57 Å². The number of nitrogens with zero attached hydrogens (tertiary/aromatic N) is 1. The monoisotopic (exact) mass is 211 g/mol. The summed E-state index contributed by atoms with van der Waals surface area (Å²) in [6, 6.07) is 3.70.